The van der Waals surface area contributed by atoms with Gasteiger partial charge in [-0.15, -0.1) is 0 Å². The monoisotopic (exact) mass is 760 g/mol. The van der Waals surface area contributed by atoms with Crippen molar-refractivity contribution in [2.75, 3.05) is 36.1 Å². The van der Waals surface area contributed by atoms with Crippen molar-refractivity contribution >= 4 is 67.6 Å². The summed E-state index contributed by atoms with van der Waals surface area (Å²) in [6.45, 7) is 8.31. The van der Waals surface area contributed by atoms with Crippen molar-refractivity contribution in [3.8, 4) is 11.5 Å². The second-order valence-electron chi connectivity index (χ2n) is 11.9. The molecule has 1 aromatic heterocycles. The van der Waals surface area contributed by atoms with Crippen molar-refractivity contribution < 1.29 is 27.3 Å². The molecule has 1 N–H and O–H groups in total. The lowest BCUT2D eigenvalue weighted by molar-refractivity contribution is -0.670. The van der Waals surface area contributed by atoms with E-state index in [1.54, 1.807) is 12.1 Å². The van der Waals surface area contributed by atoms with Crippen molar-refractivity contribution in [2.24, 2.45) is 0 Å². The smallest absolute Gasteiger partial charge is 0.282 e. The van der Waals surface area contributed by atoms with Crippen LogP contribution in [0.15, 0.2) is 114 Å². The highest BCUT2D eigenvalue weighted by Gasteiger charge is 2.31. The Bertz CT molecular complexity index is 2240. The van der Waals surface area contributed by atoms with Gasteiger partial charge in [0.1, 0.15) is 37.1 Å². The number of halogens is 2. The summed E-state index contributed by atoms with van der Waals surface area (Å²) >= 11 is 13.0. The SMILES string of the molecule is CCN1C(=CC=Cc2n(CCOc3ccccc3)c3cc(S(=O)(=O)NC(C)=O)ccc3[n+]2CC)N(CCOc2ccccc2)c2cc(Cl)c(Cl)cc21. The van der Waals surface area contributed by atoms with Crippen molar-refractivity contribution in [3.05, 3.63) is 125 Å². The number of allylic oxidation sites excluding steroid dienone is 2. The quantitative estimate of drug-likeness (QED) is 0.118. The fourth-order valence-corrected chi connectivity index (χ4v) is 7.69. The maximum Gasteiger partial charge on any atom is 0.282 e. The van der Waals surface area contributed by atoms with Gasteiger partial charge in [-0.2, -0.15) is 0 Å². The van der Waals surface area contributed by atoms with E-state index < -0.39 is 15.9 Å². The van der Waals surface area contributed by atoms with Gasteiger partial charge in [-0.05, 0) is 68.5 Å². The first-order valence-electron chi connectivity index (χ1n) is 17.0. The standard InChI is InChI=1S/C39H39Cl2N5O5S/c1-4-43-34-20-19-31(52(48,49)42-28(3)47)25-35(34)45(21-23-50-29-13-8-6-9-14-29)38(43)17-12-18-39-44(5-2)36-26-32(40)33(41)27-37(36)46(39)22-24-51-30-15-10-7-11-16-30/h6-20,25-27H,4-5,21-24H2,1-3H3/p+1. The number of benzene rings is 4. The zero-order chi connectivity index (χ0) is 36.8. The van der Waals surface area contributed by atoms with Crippen molar-refractivity contribution in [1.82, 2.24) is 9.29 Å². The van der Waals surface area contributed by atoms with Gasteiger partial charge in [0.2, 0.25) is 5.91 Å². The van der Waals surface area contributed by atoms with Crippen LogP contribution in [-0.2, 0) is 27.9 Å². The molecular formula is C39H40Cl2N5O5S+. The minimum atomic E-state index is -4.06. The zero-order valence-electron chi connectivity index (χ0n) is 29.1. The summed E-state index contributed by atoms with van der Waals surface area (Å²) in [6.07, 6.45) is 6.04. The van der Waals surface area contributed by atoms with E-state index in [4.69, 9.17) is 32.7 Å². The lowest BCUT2D eigenvalue weighted by Gasteiger charge is -2.24. The van der Waals surface area contributed by atoms with Crippen molar-refractivity contribution in [2.45, 2.75) is 38.8 Å². The fraction of sp³-hybridized carbons (Fsp3) is 0.231. The average Bonchev–Trinajstić information content (AvgIpc) is 3.58. The number of imidazole rings is 1. The van der Waals surface area contributed by atoms with E-state index in [0.717, 1.165) is 40.0 Å². The number of fused-ring (bicyclic) bond motifs is 2. The Balaban J connectivity index is 1.40. The van der Waals surface area contributed by atoms with Gasteiger partial charge in [0.25, 0.3) is 15.8 Å². The number of aryl methyl sites for hydroxylation is 1. The first kappa shape index (κ1) is 36.8. The number of sulfonamides is 1. The Kier molecular flexibility index (Phi) is 11.4. The topological polar surface area (TPSA) is 97.0 Å². The van der Waals surface area contributed by atoms with Crippen LogP contribution < -0.4 is 28.6 Å². The molecule has 270 valence electrons. The van der Waals surface area contributed by atoms with Crippen LogP contribution >= 0.6 is 23.2 Å². The molecule has 0 saturated carbocycles. The van der Waals surface area contributed by atoms with Crippen LogP contribution in [0, 0.1) is 0 Å². The van der Waals surface area contributed by atoms with E-state index in [1.165, 1.54) is 13.0 Å². The van der Waals surface area contributed by atoms with E-state index in [0.29, 0.717) is 55.0 Å². The molecule has 4 aromatic carbocycles. The first-order chi connectivity index (χ1) is 25.1. The molecule has 0 spiro atoms. The lowest BCUT2D eigenvalue weighted by Crippen LogP contribution is -2.35. The van der Waals surface area contributed by atoms with Crippen LogP contribution in [0.4, 0.5) is 11.4 Å². The second kappa shape index (κ2) is 16.1. The number of aromatic nitrogens is 2. The molecule has 13 heteroatoms. The largest absolute Gasteiger partial charge is 0.492 e. The molecule has 0 bridgehead atoms. The number of hydrogen-bond donors (Lipinski definition) is 1. The lowest BCUT2D eigenvalue weighted by atomic mass is 10.2. The number of carbonyl (C=O) groups is 1. The normalized spacial score (nSPS) is 13.7. The van der Waals surface area contributed by atoms with Gasteiger partial charge in [0.05, 0.1) is 39.4 Å². The predicted octanol–water partition coefficient (Wildman–Crippen LogP) is 7.44. The third-order valence-electron chi connectivity index (χ3n) is 8.60. The number of hydrogen-bond acceptors (Lipinski definition) is 7. The van der Waals surface area contributed by atoms with E-state index in [1.807, 2.05) is 103 Å². The Morgan fingerprint density at radius 2 is 1.42 bits per heavy atom. The van der Waals surface area contributed by atoms with Crippen LogP contribution in [0.3, 0.4) is 0 Å². The van der Waals surface area contributed by atoms with Gasteiger partial charge in [-0.3, -0.25) is 4.79 Å². The van der Waals surface area contributed by atoms with Gasteiger partial charge < -0.3 is 19.3 Å². The fourth-order valence-electron chi connectivity index (χ4n) is 6.36. The highest BCUT2D eigenvalue weighted by atomic mass is 35.5. The van der Waals surface area contributed by atoms with Gasteiger partial charge in [-0.1, -0.05) is 65.7 Å². The Morgan fingerprint density at radius 3 is 2.00 bits per heavy atom. The summed E-state index contributed by atoms with van der Waals surface area (Å²) in [5.74, 6) is 2.62. The second-order valence-corrected chi connectivity index (χ2v) is 14.4. The third kappa shape index (κ3) is 7.91. The highest BCUT2D eigenvalue weighted by molar-refractivity contribution is 7.90. The highest BCUT2D eigenvalue weighted by Crippen LogP contribution is 2.45. The van der Waals surface area contributed by atoms with Crippen molar-refractivity contribution in [3.63, 3.8) is 0 Å². The summed E-state index contributed by atoms with van der Waals surface area (Å²) in [4.78, 5) is 16.1. The molecule has 52 heavy (non-hydrogen) atoms. The van der Waals surface area contributed by atoms with E-state index in [9.17, 15) is 13.2 Å². The number of nitrogens with one attached hydrogen (secondary N) is 1. The number of para-hydroxylation sites is 2. The molecule has 0 unspecified atom stereocenters. The summed E-state index contributed by atoms with van der Waals surface area (Å²) in [5.41, 5.74) is 3.39. The van der Waals surface area contributed by atoms with Gasteiger partial charge in [-0.25, -0.2) is 22.3 Å². The minimum Gasteiger partial charge on any atom is -0.492 e. The molecule has 1 amide bonds. The number of nitrogens with zero attached hydrogens (tertiary/aromatic N) is 4. The van der Waals surface area contributed by atoms with Crippen LogP contribution in [0.1, 0.15) is 26.6 Å². The first-order valence-corrected chi connectivity index (χ1v) is 19.2. The Morgan fingerprint density at radius 1 is 0.827 bits per heavy atom. The van der Waals surface area contributed by atoms with Crippen molar-refractivity contribution in [1.29, 1.82) is 0 Å². The van der Waals surface area contributed by atoms with Gasteiger partial charge in [0, 0.05) is 25.6 Å². The predicted molar refractivity (Wildman–Crippen MR) is 207 cm³/mol. The number of ether oxygens (including phenoxy) is 2. The molecule has 0 fully saturated rings. The molecule has 10 nitrogen and oxygen atoms in total. The summed E-state index contributed by atoms with van der Waals surface area (Å²) in [7, 11) is -4.06. The van der Waals surface area contributed by atoms with Gasteiger partial charge in [0.15, 0.2) is 11.0 Å². The van der Waals surface area contributed by atoms with Crippen LogP contribution in [0.2, 0.25) is 10.0 Å². The van der Waals surface area contributed by atoms with Crippen LogP contribution in [-0.4, -0.2) is 45.2 Å². The van der Waals surface area contributed by atoms with Gasteiger partial charge >= 0.3 is 0 Å². The molecular weight excluding hydrogens is 721 g/mol. The van der Waals surface area contributed by atoms with E-state index in [-0.39, 0.29) is 4.90 Å². The average molecular weight is 762 g/mol. The molecule has 0 radical (unpaired) electrons. The van der Waals surface area contributed by atoms with Crippen LogP contribution in [0.25, 0.3) is 17.1 Å². The summed E-state index contributed by atoms with van der Waals surface area (Å²) in [6, 6.07) is 27.9. The Labute approximate surface area is 314 Å². The van der Waals surface area contributed by atoms with E-state index >= 15 is 0 Å². The molecule has 1 aliphatic heterocycles. The van der Waals surface area contributed by atoms with Crippen LogP contribution in [0.5, 0.6) is 11.5 Å². The molecule has 0 atom stereocenters. The molecule has 1 aliphatic rings. The van der Waals surface area contributed by atoms with E-state index in [2.05, 4.69) is 26.0 Å². The summed E-state index contributed by atoms with van der Waals surface area (Å²) in [5, 5.41) is 0.940. The third-order valence-corrected chi connectivity index (χ3v) is 10.8. The molecule has 6 rings (SSSR count). The maximum atomic E-state index is 13.0. The maximum absolute atomic E-state index is 13.0. The number of anilines is 2. The minimum absolute atomic E-state index is 0.00757. The summed E-state index contributed by atoms with van der Waals surface area (Å²) < 4.78 is 44.4. The molecule has 0 aliphatic carbocycles. The zero-order valence-corrected chi connectivity index (χ0v) is 31.5. The Hall–Kier alpha value is -4.97. The molecule has 5 aromatic rings. The number of amides is 1. The number of rotatable bonds is 14. The molecule has 2 heterocycles. The number of carbonyl (C=O) groups excluding carboxylic acids is 1. The molecule has 0 saturated heterocycles.